The van der Waals surface area contributed by atoms with Gasteiger partial charge < -0.3 is 19.3 Å². The molecule has 0 bridgehead atoms. The highest BCUT2D eigenvalue weighted by Gasteiger charge is 2.21. The van der Waals surface area contributed by atoms with E-state index in [1.54, 1.807) is 26.5 Å². The van der Waals surface area contributed by atoms with Crippen LogP contribution in [0.1, 0.15) is 0 Å². The maximum absolute atomic E-state index is 5.18. The first-order valence-corrected chi connectivity index (χ1v) is 7.27. The molecule has 0 radical (unpaired) electrons. The maximum Gasteiger partial charge on any atom is 0.232 e. The lowest BCUT2D eigenvalue weighted by Crippen LogP contribution is -2.47. The Morgan fingerprint density at radius 2 is 1.62 bits per heavy atom. The molecule has 0 unspecified atom stereocenters. The summed E-state index contributed by atoms with van der Waals surface area (Å²) in [5.41, 5.74) is 0. The van der Waals surface area contributed by atoms with Crippen molar-refractivity contribution >= 4 is 23.5 Å². The van der Waals surface area contributed by atoms with E-state index in [9.17, 15) is 0 Å². The molecule has 0 aliphatic carbocycles. The van der Waals surface area contributed by atoms with E-state index in [0.717, 1.165) is 32.0 Å². The van der Waals surface area contributed by atoms with Gasteiger partial charge in [0.05, 0.1) is 38.2 Å². The first kappa shape index (κ1) is 13.8. The molecule has 3 rings (SSSR count). The van der Waals surface area contributed by atoms with Gasteiger partial charge in [0.1, 0.15) is 0 Å². The Morgan fingerprint density at radius 1 is 1.00 bits per heavy atom. The summed E-state index contributed by atoms with van der Waals surface area (Å²) in [5, 5.41) is 0. The number of anilines is 2. The van der Waals surface area contributed by atoms with Gasteiger partial charge in [0.2, 0.25) is 17.7 Å². The molecule has 0 amide bonds. The number of hydrogen-bond donors (Lipinski definition) is 0. The summed E-state index contributed by atoms with van der Waals surface area (Å²) in [6.07, 6.45) is 1.80. The van der Waals surface area contributed by atoms with Crippen molar-refractivity contribution < 1.29 is 9.47 Å². The lowest BCUT2D eigenvalue weighted by Gasteiger charge is -2.34. The highest BCUT2D eigenvalue weighted by atomic mass is 32.1. The van der Waals surface area contributed by atoms with Gasteiger partial charge >= 0.3 is 0 Å². The Morgan fingerprint density at radius 3 is 2.14 bits per heavy atom. The Hall–Kier alpha value is -2.16. The first-order chi connectivity index (χ1) is 10.3. The molecule has 0 atom stereocenters. The third-order valence-electron chi connectivity index (χ3n) is 3.32. The summed E-state index contributed by atoms with van der Waals surface area (Å²) in [6.45, 7) is 3.34. The summed E-state index contributed by atoms with van der Waals surface area (Å²) < 4.78 is 18.7. The molecule has 1 aliphatic rings. The molecule has 0 saturated carbocycles. The van der Waals surface area contributed by atoms with Crippen molar-refractivity contribution in [1.29, 1.82) is 0 Å². The zero-order valence-corrected chi connectivity index (χ0v) is 12.7. The van der Waals surface area contributed by atoms with Gasteiger partial charge in [0, 0.05) is 26.2 Å². The molecule has 3 heterocycles. The smallest absolute Gasteiger partial charge is 0.232 e. The molecule has 112 valence electrons. The SMILES string of the molecule is COc1cc(OC)nc(N2CCN(c3cnsn3)CC2)n1. The molecule has 1 fully saturated rings. The van der Waals surface area contributed by atoms with Crippen LogP contribution < -0.4 is 19.3 Å². The predicted molar refractivity (Wildman–Crippen MR) is 79.5 cm³/mol. The summed E-state index contributed by atoms with van der Waals surface area (Å²) >= 11 is 1.23. The summed E-state index contributed by atoms with van der Waals surface area (Å²) in [4.78, 5) is 13.1. The van der Waals surface area contributed by atoms with Gasteiger partial charge in [-0.2, -0.15) is 18.7 Å². The quantitative estimate of drug-likeness (QED) is 0.816. The topological polar surface area (TPSA) is 76.5 Å². The van der Waals surface area contributed by atoms with Gasteiger partial charge in [0.15, 0.2) is 5.82 Å². The molecule has 1 aliphatic heterocycles. The van der Waals surface area contributed by atoms with E-state index in [-0.39, 0.29) is 0 Å². The van der Waals surface area contributed by atoms with Crippen LogP contribution >= 0.6 is 11.7 Å². The van der Waals surface area contributed by atoms with Gasteiger partial charge in [0.25, 0.3) is 0 Å². The van der Waals surface area contributed by atoms with Crippen LogP contribution in [0.4, 0.5) is 11.8 Å². The van der Waals surface area contributed by atoms with Crippen molar-refractivity contribution in [2.24, 2.45) is 0 Å². The first-order valence-electron chi connectivity index (χ1n) is 6.54. The molecular weight excluding hydrogens is 292 g/mol. The van der Waals surface area contributed by atoms with E-state index >= 15 is 0 Å². The fourth-order valence-electron chi connectivity index (χ4n) is 2.18. The molecule has 21 heavy (non-hydrogen) atoms. The van der Waals surface area contributed by atoms with Gasteiger partial charge in [-0.3, -0.25) is 0 Å². The van der Waals surface area contributed by atoms with Crippen molar-refractivity contribution in [2.75, 3.05) is 50.2 Å². The molecule has 0 aromatic carbocycles. The number of rotatable bonds is 4. The Labute approximate surface area is 126 Å². The van der Waals surface area contributed by atoms with E-state index in [0.29, 0.717) is 17.7 Å². The van der Waals surface area contributed by atoms with Crippen molar-refractivity contribution in [1.82, 2.24) is 18.7 Å². The van der Waals surface area contributed by atoms with E-state index in [1.165, 1.54) is 11.7 Å². The molecule has 1 saturated heterocycles. The number of piperazine rings is 1. The van der Waals surface area contributed by atoms with E-state index in [1.807, 2.05) is 0 Å². The van der Waals surface area contributed by atoms with Crippen LogP contribution in [-0.4, -0.2) is 59.1 Å². The zero-order chi connectivity index (χ0) is 14.7. The molecular formula is C12H16N6O2S. The average molecular weight is 308 g/mol. The minimum absolute atomic E-state index is 0.503. The molecule has 0 spiro atoms. The van der Waals surface area contributed by atoms with Crippen LogP contribution in [0, 0.1) is 0 Å². The van der Waals surface area contributed by atoms with Gasteiger partial charge in [-0.25, -0.2) is 0 Å². The highest BCUT2D eigenvalue weighted by molar-refractivity contribution is 6.99. The second-order valence-corrected chi connectivity index (χ2v) is 5.05. The van der Waals surface area contributed by atoms with Crippen LogP contribution in [0.15, 0.2) is 12.3 Å². The Bertz CT molecular complexity index is 563. The number of hydrogen-bond acceptors (Lipinski definition) is 9. The fraction of sp³-hybridized carbons (Fsp3) is 0.500. The maximum atomic E-state index is 5.18. The van der Waals surface area contributed by atoms with Crippen molar-refractivity contribution in [3.8, 4) is 11.8 Å². The third kappa shape index (κ3) is 2.97. The van der Waals surface area contributed by atoms with Crippen molar-refractivity contribution in [2.45, 2.75) is 0 Å². The monoisotopic (exact) mass is 308 g/mol. The second kappa shape index (κ2) is 6.08. The zero-order valence-electron chi connectivity index (χ0n) is 11.9. The second-order valence-electron chi connectivity index (χ2n) is 4.49. The van der Waals surface area contributed by atoms with Crippen LogP contribution in [-0.2, 0) is 0 Å². The van der Waals surface area contributed by atoms with Crippen molar-refractivity contribution in [3.05, 3.63) is 12.3 Å². The summed E-state index contributed by atoms with van der Waals surface area (Å²) in [7, 11) is 3.16. The van der Waals surface area contributed by atoms with Gasteiger partial charge in [-0.1, -0.05) is 0 Å². The Kier molecular flexibility index (Phi) is 4.00. The van der Waals surface area contributed by atoms with Crippen LogP contribution in [0.25, 0.3) is 0 Å². The highest BCUT2D eigenvalue weighted by Crippen LogP contribution is 2.22. The number of aromatic nitrogens is 4. The minimum Gasteiger partial charge on any atom is -0.481 e. The largest absolute Gasteiger partial charge is 0.481 e. The minimum atomic E-state index is 0.503. The molecule has 0 N–H and O–H groups in total. The lowest BCUT2D eigenvalue weighted by atomic mass is 10.3. The number of methoxy groups -OCH3 is 2. The number of nitrogens with zero attached hydrogens (tertiary/aromatic N) is 6. The molecule has 2 aromatic rings. The average Bonchev–Trinajstić information content (AvgIpc) is 3.09. The van der Waals surface area contributed by atoms with Crippen LogP contribution in [0.5, 0.6) is 11.8 Å². The third-order valence-corrected chi connectivity index (χ3v) is 3.79. The Balaban J connectivity index is 1.71. The van der Waals surface area contributed by atoms with Crippen LogP contribution in [0.2, 0.25) is 0 Å². The fourth-order valence-corrected chi connectivity index (χ4v) is 2.61. The number of ether oxygens (including phenoxy) is 2. The predicted octanol–water partition coefficient (Wildman–Crippen LogP) is 0.672. The van der Waals surface area contributed by atoms with E-state index in [2.05, 4.69) is 28.5 Å². The molecule has 2 aromatic heterocycles. The van der Waals surface area contributed by atoms with Crippen LogP contribution in [0.3, 0.4) is 0 Å². The van der Waals surface area contributed by atoms with Crippen molar-refractivity contribution in [3.63, 3.8) is 0 Å². The van der Waals surface area contributed by atoms with E-state index in [4.69, 9.17) is 9.47 Å². The standard InChI is InChI=1S/C12H16N6O2S/c1-19-10-7-11(20-2)15-12(14-10)18-5-3-17(4-6-18)9-8-13-21-16-9/h7-8H,3-6H2,1-2H3. The normalized spacial score (nSPS) is 15.1. The summed E-state index contributed by atoms with van der Waals surface area (Å²) in [5.74, 6) is 2.57. The van der Waals surface area contributed by atoms with Gasteiger partial charge in [-0.05, 0) is 0 Å². The molecule has 8 nitrogen and oxygen atoms in total. The lowest BCUT2D eigenvalue weighted by molar-refractivity contribution is 0.371. The molecule has 9 heteroatoms. The van der Waals surface area contributed by atoms with E-state index < -0.39 is 0 Å². The summed E-state index contributed by atoms with van der Waals surface area (Å²) in [6, 6.07) is 1.67. The van der Waals surface area contributed by atoms with Gasteiger partial charge in [-0.15, -0.1) is 0 Å².